The molecule has 1 aromatic carbocycles. The molecule has 6 heteroatoms. The lowest BCUT2D eigenvalue weighted by atomic mass is 10.1. The number of amides is 1. The first-order valence-electron chi connectivity index (χ1n) is 6.75. The van der Waals surface area contributed by atoms with Gasteiger partial charge in [-0.15, -0.1) is 0 Å². The van der Waals surface area contributed by atoms with Crippen molar-refractivity contribution in [3.05, 3.63) is 42.2 Å². The van der Waals surface area contributed by atoms with Crippen molar-refractivity contribution in [3.63, 3.8) is 0 Å². The van der Waals surface area contributed by atoms with Gasteiger partial charge in [0.2, 0.25) is 0 Å². The van der Waals surface area contributed by atoms with E-state index >= 15 is 0 Å². The summed E-state index contributed by atoms with van der Waals surface area (Å²) >= 11 is 0. The molecule has 0 spiro atoms. The molecule has 0 aliphatic heterocycles. The molecule has 0 saturated carbocycles. The van der Waals surface area contributed by atoms with Gasteiger partial charge in [0.25, 0.3) is 0 Å². The van der Waals surface area contributed by atoms with Gasteiger partial charge in [0, 0.05) is 5.56 Å². The number of carbonyl (C=O) groups excluding carboxylic acids is 1. The minimum Gasteiger partial charge on any atom is -0.493 e. The molecule has 5 nitrogen and oxygen atoms in total. The molecular formula is C15H21FN2O3. The number of carbonyl (C=O) groups is 1. The number of hydrogen-bond acceptors (Lipinski definition) is 4. The molecule has 1 atom stereocenters. The summed E-state index contributed by atoms with van der Waals surface area (Å²) in [6, 6.07) is 3.72. The van der Waals surface area contributed by atoms with Crippen molar-refractivity contribution >= 4 is 6.09 Å². The summed E-state index contributed by atoms with van der Waals surface area (Å²) < 4.78 is 23.8. The van der Waals surface area contributed by atoms with Crippen LogP contribution in [-0.2, 0) is 4.74 Å². The van der Waals surface area contributed by atoms with Gasteiger partial charge in [-0.2, -0.15) is 0 Å². The molecule has 1 unspecified atom stereocenters. The number of benzene rings is 1. The van der Waals surface area contributed by atoms with Crippen molar-refractivity contribution < 1.29 is 18.7 Å². The molecule has 0 aliphatic rings. The highest BCUT2D eigenvalue weighted by Crippen LogP contribution is 2.26. The smallest absolute Gasteiger partial charge is 0.407 e. The fraction of sp³-hybridized carbons (Fsp3) is 0.400. The average Bonchev–Trinajstić information content (AvgIpc) is 2.46. The highest BCUT2D eigenvalue weighted by Gasteiger charge is 2.16. The number of alkyl carbamates (subject to hydrolysis) is 1. The number of rotatable bonds is 8. The molecule has 0 heterocycles. The van der Waals surface area contributed by atoms with E-state index in [-0.39, 0.29) is 6.61 Å². The monoisotopic (exact) mass is 296 g/mol. The Labute approximate surface area is 123 Å². The number of nitrogens with one attached hydrogen (secondary N) is 1. The Morgan fingerprint density at radius 2 is 2.33 bits per heavy atom. The van der Waals surface area contributed by atoms with Crippen molar-refractivity contribution in [1.29, 1.82) is 0 Å². The minimum atomic E-state index is -0.598. The van der Waals surface area contributed by atoms with E-state index in [4.69, 9.17) is 15.2 Å². The Bertz CT molecular complexity index is 480. The van der Waals surface area contributed by atoms with Gasteiger partial charge in [0.15, 0.2) is 0 Å². The zero-order valence-corrected chi connectivity index (χ0v) is 12.1. The van der Waals surface area contributed by atoms with Gasteiger partial charge in [0.1, 0.15) is 18.2 Å². The van der Waals surface area contributed by atoms with E-state index in [1.54, 1.807) is 6.92 Å². The van der Waals surface area contributed by atoms with E-state index in [0.29, 0.717) is 30.9 Å². The van der Waals surface area contributed by atoms with Gasteiger partial charge < -0.3 is 20.5 Å². The molecule has 21 heavy (non-hydrogen) atoms. The summed E-state index contributed by atoms with van der Waals surface area (Å²) in [5, 5.41) is 2.61. The lowest BCUT2D eigenvalue weighted by Gasteiger charge is -2.18. The SMILES string of the molecule is C=CCOC(=O)NC(C)c1cc(F)ccc1OCCCN. The third kappa shape index (κ3) is 5.83. The van der Waals surface area contributed by atoms with Gasteiger partial charge in [-0.05, 0) is 38.1 Å². The summed E-state index contributed by atoms with van der Waals surface area (Å²) in [6.07, 6.45) is 1.56. The van der Waals surface area contributed by atoms with Crippen molar-refractivity contribution in [2.75, 3.05) is 19.8 Å². The first-order chi connectivity index (χ1) is 10.1. The summed E-state index contributed by atoms with van der Waals surface area (Å²) in [7, 11) is 0. The van der Waals surface area contributed by atoms with E-state index < -0.39 is 18.0 Å². The van der Waals surface area contributed by atoms with E-state index in [9.17, 15) is 9.18 Å². The Kier molecular flexibility index (Phi) is 7.25. The number of hydrogen-bond donors (Lipinski definition) is 2. The maximum absolute atomic E-state index is 13.4. The Balaban J connectivity index is 2.75. The second-order valence-electron chi connectivity index (χ2n) is 4.43. The predicted octanol–water partition coefficient (Wildman–Crippen LogP) is 2.53. The molecule has 1 rings (SSSR count). The quantitative estimate of drug-likeness (QED) is 0.571. The van der Waals surface area contributed by atoms with Gasteiger partial charge in [-0.3, -0.25) is 0 Å². The fourth-order valence-electron chi connectivity index (χ4n) is 1.69. The fourth-order valence-corrected chi connectivity index (χ4v) is 1.69. The second kappa shape index (κ2) is 8.97. The molecule has 0 aliphatic carbocycles. The molecule has 0 fully saturated rings. The van der Waals surface area contributed by atoms with Crippen LogP contribution in [0.1, 0.15) is 24.9 Å². The summed E-state index contributed by atoms with van der Waals surface area (Å²) in [4.78, 5) is 11.5. The van der Waals surface area contributed by atoms with Crippen molar-refractivity contribution in [3.8, 4) is 5.75 Å². The lowest BCUT2D eigenvalue weighted by Crippen LogP contribution is -2.28. The van der Waals surface area contributed by atoms with E-state index in [0.717, 1.165) is 0 Å². The standard InChI is InChI=1S/C15H21FN2O3/c1-3-8-21-15(19)18-11(2)13-10-12(16)5-6-14(13)20-9-4-7-17/h3,5-6,10-11H,1,4,7-9,17H2,2H3,(H,18,19). The van der Waals surface area contributed by atoms with Gasteiger partial charge >= 0.3 is 6.09 Å². The van der Waals surface area contributed by atoms with Gasteiger partial charge in [-0.25, -0.2) is 9.18 Å². The third-order valence-corrected chi connectivity index (χ3v) is 2.71. The van der Waals surface area contributed by atoms with Crippen LogP contribution in [-0.4, -0.2) is 25.9 Å². The molecular weight excluding hydrogens is 275 g/mol. The Morgan fingerprint density at radius 1 is 1.57 bits per heavy atom. The summed E-state index contributed by atoms with van der Waals surface area (Å²) in [5.41, 5.74) is 5.95. The Morgan fingerprint density at radius 3 is 3.00 bits per heavy atom. The van der Waals surface area contributed by atoms with E-state index in [1.165, 1.54) is 24.3 Å². The molecule has 0 bridgehead atoms. The summed E-state index contributed by atoms with van der Waals surface area (Å²) in [6.45, 7) is 6.23. The van der Waals surface area contributed by atoms with Crippen LogP contribution < -0.4 is 15.8 Å². The lowest BCUT2D eigenvalue weighted by molar-refractivity contribution is 0.154. The van der Waals surface area contributed by atoms with Crippen LogP contribution in [0.25, 0.3) is 0 Å². The van der Waals surface area contributed by atoms with Crippen LogP contribution in [0.4, 0.5) is 9.18 Å². The predicted molar refractivity (Wildman–Crippen MR) is 78.7 cm³/mol. The number of nitrogens with two attached hydrogens (primary N) is 1. The topological polar surface area (TPSA) is 73.6 Å². The molecule has 0 radical (unpaired) electrons. The van der Waals surface area contributed by atoms with Gasteiger partial charge in [-0.1, -0.05) is 12.7 Å². The van der Waals surface area contributed by atoms with Crippen LogP contribution in [0.5, 0.6) is 5.75 Å². The first kappa shape index (κ1) is 17.0. The van der Waals surface area contributed by atoms with Crippen LogP contribution in [0.15, 0.2) is 30.9 Å². The molecule has 0 aromatic heterocycles. The first-order valence-corrected chi connectivity index (χ1v) is 6.75. The summed E-state index contributed by atoms with van der Waals surface area (Å²) in [5.74, 6) is 0.116. The molecule has 0 saturated heterocycles. The minimum absolute atomic E-state index is 0.113. The molecule has 3 N–H and O–H groups in total. The largest absolute Gasteiger partial charge is 0.493 e. The molecule has 1 aromatic rings. The molecule has 1 amide bonds. The van der Waals surface area contributed by atoms with Crippen LogP contribution in [0, 0.1) is 5.82 Å². The number of ether oxygens (including phenoxy) is 2. The van der Waals surface area contributed by atoms with Crippen LogP contribution in [0.3, 0.4) is 0 Å². The van der Waals surface area contributed by atoms with Crippen LogP contribution in [0.2, 0.25) is 0 Å². The molecule has 116 valence electrons. The third-order valence-electron chi connectivity index (χ3n) is 2.71. The highest BCUT2D eigenvalue weighted by molar-refractivity contribution is 5.68. The highest BCUT2D eigenvalue weighted by atomic mass is 19.1. The van der Waals surface area contributed by atoms with Crippen LogP contribution >= 0.6 is 0 Å². The maximum atomic E-state index is 13.4. The normalized spacial score (nSPS) is 11.6. The van der Waals surface area contributed by atoms with Gasteiger partial charge in [0.05, 0.1) is 12.6 Å². The van der Waals surface area contributed by atoms with E-state index in [2.05, 4.69) is 11.9 Å². The van der Waals surface area contributed by atoms with Crippen molar-refractivity contribution in [2.24, 2.45) is 5.73 Å². The zero-order valence-electron chi connectivity index (χ0n) is 12.1. The van der Waals surface area contributed by atoms with E-state index in [1.807, 2.05) is 0 Å². The maximum Gasteiger partial charge on any atom is 0.407 e. The zero-order chi connectivity index (χ0) is 15.7. The van der Waals surface area contributed by atoms with Crippen molar-refractivity contribution in [2.45, 2.75) is 19.4 Å². The van der Waals surface area contributed by atoms with Crippen molar-refractivity contribution in [1.82, 2.24) is 5.32 Å². The Hall–Kier alpha value is -2.08. The average molecular weight is 296 g/mol. The number of halogens is 1. The second-order valence-corrected chi connectivity index (χ2v) is 4.43.